The van der Waals surface area contributed by atoms with E-state index in [4.69, 9.17) is 9.47 Å². The molecular weight excluding hydrogens is 374 g/mol. The summed E-state index contributed by atoms with van der Waals surface area (Å²) in [6.45, 7) is 3.11. The Hall–Kier alpha value is -2.41. The van der Waals surface area contributed by atoms with E-state index in [1.54, 1.807) is 7.11 Å². The number of hydrogen-bond acceptors (Lipinski definition) is 4. The first-order valence-corrected chi connectivity index (χ1v) is 8.35. The van der Waals surface area contributed by atoms with Gasteiger partial charge in [-0.15, -0.1) is 0 Å². The van der Waals surface area contributed by atoms with Crippen molar-refractivity contribution < 1.29 is 9.47 Å². The van der Waals surface area contributed by atoms with Crippen molar-refractivity contribution in [3.63, 3.8) is 0 Å². The number of H-pyrrole nitrogens is 2. The van der Waals surface area contributed by atoms with Crippen LogP contribution in [0.4, 0.5) is 5.69 Å². The van der Waals surface area contributed by atoms with Crippen molar-refractivity contribution in [1.29, 1.82) is 0 Å². The third kappa shape index (κ3) is 3.41. The molecule has 0 aliphatic rings. The van der Waals surface area contributed by atoms with Gasteiger partial charge in [0.05, 0.1) is 24.8 Å². The SMILES string of the molecule is CCOc1cc(Br)c(CNc2ccc3[nH]c(=O)[nH]c3c2)cc1OC. The van der Waals surface area contributed by atoms with Crippen LogP contribution in [0.25, 0.3) is 11.0 Å². The second-order valence-electron chi connectivity index (χ2n) is 5.22. The van der Waals surface area contributed by atoms with Crippen LogP contribution >= 0.6 is 15.9 Å². The molecule has 3 aromatic rings. The molecule has 0 fully saturated rings. The molecule has 2 aromatic carbocycles. The minimum absolute atomic E-state index is 0.207. The van der Waals surface area contributed by atoms with Crippen molar-refractivity contribution in [3.8, 4) is 11.5 Å². The first kappa shape index (κ1) is 16.4. The van der Waals surface area contributed by atoms with Crippen LogP contribution in [0, 0.1) is 0 Å². The zero-order valence-electron chi connectivity index (χ0n) is 13.4. The molecule has 0 aliphatic heterocycles. The summed E-state index contributed by atoms with van der Waals surface area (Å²) in [5.41, 5.74) is 3.31. The van der Waals surface area contributed by atoms with Crippen LogP contribution < -0.4 is 20.5 Å². The molecule has 24 heavy (non-hydrogen) atoms. The molecular formula is C17H18BrN3O3. The summed E-state index contributed by atoms with van der Waals surface area (Å²) in [4.78, 5) is 16.8. The number of hydrogen-bond donors (Lipinski definition) is 3. The van der Waals surface area contributed by atoms with Crippen LogP contribution in [0.5, 0.6) is 11.5 Å². The number of methoxy groups -OCH3 is 1. The van der Waals surface area contributed by atoms with E-state index in [0.717, 1.165) is 26.8 Å². The highest BCUT2D eigenvalue weighted by atomic mass is 79.9. The zero-order chi connectivity index (χ0) is 17.1. The number of ether oxygens (including phenoxy) is 2. The summed E-state index contributed by atoms with van der Waals surface area (Å²) in [6, 6.07) is 9.53. The average Bonchev–Trinajstić information content (AvgIpc) is 2.93. The predicted molar refractivity (Wildman–Crippen MR) is 98.1 cm³/mol. The second-order valence-corrected chi connectivity index (χ2v) is 6.07. The van der Waals surface area contributed by atoms with Gasteiger partial charge >= 0.3 is 5.69 Å². The van der Waals surface area contributed by atoms with Crippen molar-refractivity contribution in [3.05, 3.63) is 50.9 Å². The Morgan fingerprint density at radius 1 is 1.12 bits per heavy atom. The molecule has 0 aliphatic carbocycles. The number of fused-ring (bicyclic) bond motifs is 1. The fourth-order valence-corrected chi connectivity index (χ4v) is 2.94. The lowest BCUT2D eigenvalue weighted by molar-refractivity contribution is 0.310. The van der Waals surface area contributed by atoms with E-state index in [-0.39, 0.29) is 5.69 Å². The number of aromatic amines is 2. The maximum absolute atomic E-state index is 11.3. The van der Waals surface area contributed by atoms with Gasteiger partial charge in [-0.1, -0.05) is 15.9 Å². The van der Waals surface area contributed by atoms with Crippen LogP contribution in [0.15, 0.2) is 39.6 Å². The third-order valence-corrected chi connectivity index (χ3v) is 4.37. The Labute approximate surface area is 147 Å². The third-order valence-electron chi connectivity index (χ3n) is 3.63. The Balaban J connectivity index is 1.80. The molecule has 1 heterocycles. The lowest BCUT2D eigenvalue weighted by atomic mass is 10.2. The van der Waals surface area contributed by atoms with Crippen LogP contribution in [0.3, 0.4) is 0 Å². The maximum Gasteiger partial charge on any atom is 0.323 e. The highest BCUT2D eigenvalue weighted by Crippen LogP contribution is 2.34. The molecule has 0 saturated heterocycles. The highest BCUT2D eigenvalue weighted by Gasteiger charge is 2.10. The van der Waals surface area contributed by atoms with Gasteiger partial charge in [0, 0.05) is 16.7 Å². The van der Waals surface area contributed by atoms with Crippen molar-refractivity contribution in [2.24, 2.45) is 0 Å². The van der Waals surface area contributed by atoms with Gasteiger partial charge in [-0.25, -0.2) is 4.79 Å². The van der Waals surface area contributed by atoms with Crippen LogP contribution in [0.2, 0.25) is 0 Å². The van der Waals surface area contributed by atoms with E-state index in [1.807, 2.05) is 37.3 Å². The molecule has 0 amide bonds. The zero-order valence-corrected chi connectivity index (χ0v) is 15.0. The van der Waals surface area contributed by atoms with Gasteiger partial charge in [0.1, 0.15) is 0 Å². The number of anilines is 1. The quantitative estimate of drug-likeness (QED) is 0.599. The summed E-state index contributed by atoms with van der Waals surface area (Å²) in [5.74, 6) is 1.41. The molecule has 0 saturated carbocycles. The summed E-state index contributed by atoms with van der Waals surface area (Å²) >= 11 is 3.57. The number of nitrogens with one attached hydrogen (secondary N) is 3. The largest absolute Gasteiger partial charge is 0.493 e. The van der Waals surface area contributed by atoms with Gasteiger partial charge in [0.25, 0.3) is 0 Å². The Morgan fingerprint density at radius 3 is 2.67 bits per heavy atom. The molecule has 1 aromatic heterocycles. The summed E-state index contributed by atoms with van der Waals surface area (Å²) in [6.07, 6.45) is 0. The molecule has 0 unspecified atom stereocenters. The lowest BCUT2D eigenvalue weighted by Crippen LogP contribution is -2.02. The second kappa shape index (κ2) is 7.00. The van der Waals surface area contributed by atoms with Crippen molar-refractivity contribution in [2.75, 3.05) is 19.0 Å². The Bertz CT molecular complexity index is 917. The van der Waals surface area contributed by atoms with Gasteiger partial charge in [0.2, 0.25) is 0 Å². The van der Waals surface area contributed by atoms with Crippen molar-refractivity contribution >= 4 is 32.7 Å². The molecule has 3 rings (SSSR count). The molecule has 0 bridgehead atoms. The minimum Gasteiger partial charge on any atom is -0.493 e. The summed E-state index contributed by atoms with van der Waals surface area (Å²) in [5, 5.41) is 3.34. The van der Waals surface area contributed by atoms with Crippen molar-refractivity contribution in [2.45, 2.75) is 13.5 Å². The number of aromatic nitrogens is 2. The van der Waals surface area contributed by atoms with E-state index in [9.17, 15) is 4.79 Å². The molecule has 7 heteroatoms. The van der Waals surface area contributed by atoms with Crippen LogP contribution in [-0.2, 0) is 6.54 Å². The fourth-order valence-electron chi connectivity index (χ4n) is 2.48. The lowest BCUT2D eigenvalue weighted by Gasteiger charge is -2.14. The van der Waals surface area contributed by atoms with E-state index in [1.165, 1.54) is 0 Å². The minimum atomic E-state index is -0.207. The number of halogens is 1. The van der Waals surface area contributed by atoms with E-state index in [0.29, 0.717) is 24.7 Å². The Morgan fingerprint density at radius 2 is 1.92 bits per heavy atom. The summed E-state index contributed by atoms with van der Waals surface area (Å²) in [7, 11) is 1.62. The first-order valence-electron chi connectivity index (χ1n) is 7.56. The van der Waals surface area contributed by atoms with E-state index in [2.05, 4.69) is 31.2 Å². The average molecular weight is 392 g/mol. The van der Waals surface area contributed by atoms with Gasteiger partial charge in [0.15, 0.2) is 11.5 Å². The smallest absolute Gasteiger partial charge is 0.323 e. The molecule has 0 radical (unpaired) electrons. The molecule has 6 nitrogen and oxygen atoms in total. The van der Waals surface area contributed by atoms with Gasteiger partial charge in [-0.2, -0.15) is 0 Å². The number of imidazole rings is 1. The molecule has 3 N–H and O–H groups in total. The fraction of sp³-hybridized carbons (Fsp3) is 0.235. The van der Waals surface area contributed by atoms with Crippen molar-refractivity contribution in [1.82, 2.24) is 9.97 Å². The molecule has 0 atom stereocenters. The van der Waals surface area contributed by atoms with E-state index < -0.39 is 0 Å². The molecule has 126 valence electrons. The topological polar surface area (TPSA) is 79.1 Å². The van der Waals surface area contributed by atoms with Gasteiger partial charge < -0.3 is 24.8 Å². The maximum atomic E-state index is 11.3. The van der Waals surface area contributed by atoms with Gasteiger partial charge in [-0.05, 0) is 42.8 Å². The first-order chi connectivity index (χ1) is 11.6. The number of benzene rings is 2. The monoisotopic (exact) mass is 391 g/mol. The van der Waals surface area contributed by atoms with E-state index >= 15 is 0 Å². The summed E-state index contributed by atoms with van der Waals surface area (Å²) < 4.78 is 11.9. The number of rotatable bonds is 6. The highest BCUT2D eigenvalue weighted by molar-refractivity contribution is 9.10. The standard InChI is InChI=1S/C17H18BrN3O3/c1-3-24-16-8-12(18)10(6-15(16)23-2)9-19-11-4-5-13-14(7-11)21-17(22)20-13/h4-8,19H,3,9H2,1-2H3,(H2,20,21,22). The van der Waals surface area contributed by atoms with Gasteiger partial charge in [-0.3, -0.25) is 0 Å². The normalized spacial score (nSPS) is 10.8. The predicted octanol–water partition coefficient (Wildman–Crippen LogP) is 3.64. The molecule has 0 spiro atoms. The van der Waals surface area contributed by atoms with Crippen LogP contribution in [-0.4, -0.2) is 23.7 Å². The van der Waals surface area contributed by atoms with Crippen LogP contribution in [0.1, 0.15) is 12.5 Å². The Kier molecular flexibility index (Phi) is 4.80.